The minimum Gasteiger partial charge on any atom is -0.489 e. The lowest BCUT2D eigenvalue weighted by molar-refractivity contribution is -0.384. The number of non-ortho nitro benzene ring substituents is 1. The molecule has 0 aliphatic rings. The summed E-state index contributed by atoms with van der Waals surface area (Å²) >= 11 is 0. The van der Waals surface area contributed by atoms with Crippen LogP contribution >= 0.6 is 0 Å². The maximum absolute atomic E-state index is 12.4. The molecule has 0 aromatic heterocycles. The van der Waals surface area contributed by atoms with E-state index in [0.29, 0.717) is 17.9 Å². The first-order valence-electron chi connectivity index (χ1n) is 8.38. The largest absolute Gasteiger partial charge is 0.489 e. The van der Waals surface area contributed by atoms with Crippen molar-refractivity contribution in [3.63, 3.8) is 0 Å². The predicted octanol–water partition coefficient (Wildman–Crippen LogP) is 4.62. The first-order valence-corrected chi connectivity index (χ1v) is 9.93. The first kappa shape index (κ1) is 19.3. The number of nitro groups is 1. The summed E-state index contributed by atoms with van der Waals surface area (Å²) in [6.07, 6.45) is 1.46. The van der Waals surface area contributed by atoms with Crippen LogP contribution in [0, 0.1) is 10.1 Å². The summed E-state index contributed by atoms with van der Waals surface area (Å²) < 4.78 is 30.5. The molecule has 0 fully saturated rings. The second kappa shape index (κ2) is 8.49. The van der Waals surface area contributed by atoms with E-state index >= 15 is 0 Å². The summed E-state index contributed by atoms with van der Waals surface area (Å²) in [5.74, 6) is 0.624. The van der Waals surface area contributed by atoms with Gasteiger partial charge in [0, 0.05) is 17.5 Å². The minimum atomic E-state index is -3.71. The second-order valence-corrected chi connectivity index (χ2v) is 7.78. The van der Waals surface area contributed by atoms with E-state index < -0.39 is 14.8 Å². The summed E-state index contributed by atoms with van der Waals surface area (Å²) in [6, 6.07) is 21.6. The van der Waals surface area contributed by atoms with Gasteiger partial charge in [0.25, 0.3) is 5.69 Å². The molecule has 0 amide bonds. The van der Waals surface area contributed by atoms with Crippen LogP contribution in [0.1, 0.15) is 11.1 Å². The van der Waals surface area contributed by atoms with Crippen LogP contribution in [0.2, 0.25) is 0 Å². The van der Waals surface area contributed by atoms with Gasteiger partial charge in [0.05, 0.1) is 9.82 Å². The summed E-state index contributed by atoms with van der Waals surface area (Å²) in [7, 11) is -3.71. The zero-order valence-corrected chi connectivity index (χ0v) is 15.6. The standard InChI is InChI=1S/C21H17NO5S/c23-22(24)19-9-11-21(12-10-19)28(25,26)14-13-17-7-4-8-20(15-17)27-16-18-5-2-1-3-6-18/h1-15H,16H2/b14-13+. The van der Waals surface area contributed by atoms with Crippen molar-refractivity contribution in [3.8, 4) is 5.75 Å². The molecule has 0 bridgehead atoms. The molecule has 0 aliphatic heterocycles. The third-order valence-corrected chi connectivity index (χ3v) is 5.35. The lowest BCUT2D eigenvalue weighted by Crippen LogP contribution is -1.97. The molecular weight excluding hydrogens is 378 g/mol. The molecule has 0 heterocycles. The highest BCUT2D eigenvalue weighted by Gasteiger charge is 2.13. The highest BCUT2D eigenvalue weighted by atomic mass is 32.2. The lowest BCUT2D eigenvalue weighted by Gasteiger charge is -2.07. The van der Waals surface area contributed by atoms with Gasteiger partial charge in [0.2, 0.25) is 0 Å². The smallest absolute Gasteiger partial charge is 0.269 e. The molecule has 3 rings (SSSR count). The fourth-order valence-electron chi connectivity index (χ4n) is 2.45. The van der Waals surface area contributed by atoms with Crippen LogP contribution < -0.4 is 4.74 Å². The molecule has 3 aromatic rings. The van der Waals surface area contributed by atoms with Crippen molar-refractivity contribution in [3.05, 3.63) is 106 Å². The van der Waals surface area contributed by atoms with E-state index in [0.717, 1.165) is 11.0 Å². The van der Waals surface area contributed by atoms with Gasteiger partial charge in [-0.15, -0.1) is 0 Å². The normalized spacial score (nSPS) is 11.4. The molecule has 7 heteroatoms. The van der Waals surface area contributed by atoms with Crippen LogP contribution in [-0.2, 0) is 16.4 Å². The van der Waals surface area contributed by atoms with Crippen LogP contribution in [-0.4, -0.2) is 13.3 Å². The van der Waals surface area contributed by atoms with Crippen molar-refractivity contribution in [2.75, 3.05) is 0 Å². The molecule has 0 N–H and O–H groups in total. The summed E-state index contributed by atoms with van der Waals surface area (Å²) in [5, 5.41) is 11.8. The molecule has 0 aliphatic carbocycles. The van der Waals surface area contributed by atoms with Crippen LogP contribution in [0.3, 0.4) is 0 Å². The van der Waals surface area contributed by atoms with Crippen LogP contribution in [0.5, 0.6) is 5.75 Å². The SMILES string of the molecule is O=[N+]([O-])c1ccc(S(=O)(=O)/C=C/c2cccc(OCc3ccccc3)c2)cc1. The van der Waals surface area contributed by atoms with Crippen molar-refractivity contribution in [2.45, 2.75) is 11.5 Å². The van der Waals surface area contributed by atoms with Gasteiger partial charge in [-0.1, -0.05) is 42.5 Å². The minimum absolute atomic E-state index is 0.00849. The van der Waals surface area contributed by atoms with Crippen LogP contribution in [0.25, 0.3) is 6.08 Å². The second-order valence-electron chi connectivity index (χ2n) is 5.95. The van der Waals surface area contributed by atoms with Crippen molar-refractivity contribution in [2.24, 2.45) is 0 Å². The molecule has 0 saturated carbocycles. The molecule has 0 spiro atoms. The first-order chi connectivity index (χ1) is 13.4. The number of hydrogen-bond acceptors (Lipinski definition) is 5. The van der Waals surface area contributed by atoms with E-state index in [1.807, 2.05) is 30.3 Å². The van der Waals surface area contributed by atoms with Gasteiger partial charge < -0.3 is 4.74 Å². The maximum atomic E-state index is 12.4. The van der Waals surface area contributed by atoms with Gasteiger partial charge in [-0.2, -0.15) is 0 Å². The van der Waals surface area contributed by atoms with Crippen LogP contribution in [0.15, 0.2) is 89.2 Å². The summed E-state index contributed by atoms with van der Waals surface area (Å²) in [4.78, 5) is 10.1. The summed E-state index contributed by atoms with van der Waals surface area (Å²) in [6.45, 7) is 0.412. The van der Waals surface area contributed by atoms with Gasteiger partial charge >= 0.3 is 0 Å². The van der Waals surface area contributed by atoms with Crippen LogP contribution in [0.4, 0.5) is 5.69 Å². The van der Waals surface area contributed by atoms with Crippen molar-refractivity contribution in [1.29, 1.82) is 0 Å². The van der Waals surface area contributed by atoms with Crippen molar-refractivity contribution >= 4 is 21.6 Å². The molecule has 28 heavy (non-hydrogen) atoms. The topological polar surface area (TPSA) is 86.5 Å². The van der Waals surface area contributed by atoms with Gasteiger partial charge in [-0.05, 0) is 41.5 Å². The van der Waals surface area contributed by atoms with E-state index in [4.69, 9.17) is 4.74 Å². The monoisotopic (exact) mass is 395 g/mol. The predicted molar refractivity (Wildman–Crippen MR) is 107 cm³/mol. The van der Waals surface area contributed by atoms with E-state index in [1.165, 1.54) is 30.3 Å². The average Bonchev–Trinajstić information content (AvgIpc) is 2.72. The third kappa shape index (κ3) is 5.05. The highest BCUT2D eigenvalue weighted by molar-refractivity contribution is 7.94. The Labute approximate surface area is 162 Å². The number of ether oxygens (including phenoxy) is 1. The van der Waals surface area contributed by atoms with Crippen molar-refractivity contribution in [1.82, 2.24) is 0 Å². The molecule has 3 aromatic carbocycles. The highest BCUT2D eigenvalue weighted by Crippen LogP contribution is 2.20. The average molecular weight is 395 g/mol. The Bertz CT molecular complexity index is 1090. The Morgan fingerprint density at radius 1 is 0.929 bits per heavy atom. The van der Waals surface area contributed by atoms with Gasteiger partial charge in [-0.25, -0.2) is 8.42 Å². The number of rotatable bonds is 7. The van der Waals surface area contributed by atoms with E-state index in [9.17, 15) is 18.5 Å². The zero-order chi connectivity index (χ0) is 20.0. The number of nitrogens with zero attached hydrogens (tertiary/aromatic N) is 1. The fraction of sp³-hybridized carbons (Fsp3) is 0.0476. The van der Waals surface area contributed by atoms with Crippen molar-refractivity contribution < 1.29 is 18.1 Å². The van der Waals surface area contributed by atoms with E-state index in [-0.39, 0.29) is 10.6 Å². The maximum Gasteiger partial charge on any atom is 0.269 e. The Hall–Kier alpha value is -3.45. The van der Waals surface area contributed by atoms with E-state index in [2.05, 4.69) is 0 Å². The van der Waals surface area contributed by atoms with Gasteiger partial charge in [0.1, 0.15) is 12.4 Å². The molecule has 0 atom stereocenters. The summed E-state index contributed by atoms with van der Waals surface area (Å²) in [5.41, 5.74) is 1.53. The molecule has 6 nitrogen and oxygen atoms in total. The van der Waals surface area contributed by atoms with Gasteiger partial charge in [0.15, 0.2) is 9.84 Å². The zero-order valence-electron chi connectivity index (χ0n) is 14.8. The molecule has 142 valence electrons. The Morgan fingerprint density at radius 3 is 2.32 bits per heavy atom. The Balaban J connectivity index is 1.71. The molecule has 0 unspecified atom stereocenters. The number of hydrogen-bond donors (Lipinski definition) is 0. The number of benzene rings is 3. The quantitative estimate of drug-likeness (QED) is 0.430. The van der Waals surface area contributed by atoms with E-state index in [1.54, 1.807) is 24.3 Å². The lowest BCUT2D eigenvalue weighted by atomic mass is 10.2. The molecule has 0 radical (unpaired) electrons. The van der Waals surface area contributed by atoms with Gasteiger partial charge in [-0.3, -0.25) is 10.1 Å². The number of sulfone groups is 1. The Kier molecular flexibility index (Phi) is 5.86. The third-order valence-electron chi connectivity index (χ3n) is 3.92. The molecular formula is C21H17NO5S. The Morgan fingerprint density at radius 2 is 1.64 bits per heavy atom. The molecule has 0 saturated heterocycles. The fourth-order valence-corrected chi connectivity index (χ4v) is 3.46. The number of nitro benzene ring substituents is 1.